The first-order valence-electron chi connectivity index (χ1n) is 14.4. The van der Waals surface area contributed by atoms with Gasteiger partial charge in [0.25, 0.3) is 0 Å². The number of hydrogen-bond donors (Lipinski definition) is 4. The number of carbonyl (C=O) groups excluding carboxylic acids is 2. The lowest BCUT2D eigenvalue weighted by Gasteiger charge is -2.34. The Morgan fingerprint density at radius 3 is 1.93 bits per heavy atom. The molecule has 0 aliphatic carbocycles. The standard InChI is InChI=1S/C18H20ClN5O.C11H15N5O/c19-13-3-1-2-12(8-13)10-20-14-4-6-24(7-5-14)18-15-9-16(25)23-17(15)21-11-22-18;12-7-1-3-16(4-2-7)11-8-5-9(17)15-10(8)13-6-14-11/h1-3,8,11,14,20H,4-7,9-10H2,(H,21,22,23,25);6-7H,1-5,12H2,(H,13,14,15,17). The van der Waals surface area contributed by atoms with Crippen LogP contribution in [0.3, 0.4) is 0 Å². The van der Waals surface area contributed by atoms with Crippen molar-refractivity contribution in [2.24, 2.45) is 5.73 Å². The maximum atomic E-state index is 11.6. The number of nitrogens with zero attached hydrogens (tertiary/aromatic N) is 6. The number of aromatic nitrogens is 4. The van der Waals surface area contributed by atoms with Gasteiger partial charge in [-0.05, 0) is 43.4 Å². The van der Waals surface area contributed by atoms with E-state index in [0.29, 0.717) is 36.6 Å². The fraction of sp³-hybridized carbons (Fsp3) is 0.448. The van der Waals surface area contributed by atoms with E-state index in [1.807, 2.05) is 18.2 Å². The van der Waals surface area contributed by atoms with Crippen LogP contribution in [0.5, 0.6) is 0 Å². The van der Waals surface area contributed by atoms with Gasteiger partial charge in [0.2, 0.25) is 11.8 Å². The monoisotopic (exact) mass is 590 g/mol. The van der Waals surface area contributed by atoms with Crippen LogP contribution < -0.4 is 31.5 Å². The van der Waals surface area contributed by atoms with Crippen LogP contribution in [-0.2, 0) is 29.0 Å². The Bertz CT molecular complexity index is 1450. The summed E-state index contributed by atoms with van der Waals surface area (Å²) in [7, 11) is 0. The first-order valence-corrected chi connectivity index (χ1v) is 14.8. The van der Waals surface area contributed by atoms with Crippen LogP contribution in [0.25, 0.3) is 0 Å². The van der Waals surface area contributed by atoms with Gasteiger partial charge in [-0.2, -0.15) is 0 Å². The lowest BCUT2D eigenvalue weighted by atomic mass is 10.0. The Morgan fingerprint density at radius 1 is 0.833 bits per heavy atom. The molecule has 0 saturated carbocycles. The third-order valence-corrected chi connectivity index (χ3v) is 8.39. The van der Waals surface area contributed by atoms with Gasteiger partial charge < -0.3 is 31.5 Å². The van der Waals surface area contributed by atoms with E-state index < -0.39 is 0 Å². The topological polar surface area (TPSA) is 154 Å². The van der Waals surface area contributed by atoms with Crippen LogP contribution in [0.2, 0.25) is 5.02 Å². The molecule has 42 heavy (non-hydrogen) atoms. The summed E-state index contributed by atoms with van der Waals surface area (Å²) in [5.74, 6) is 3.10. The number of hydrogen-bond acceptors (Lipinski definition) is 10. The number of nitrogens with two attached hydrogens (primary N) is 1. The van der Waals surface area contributed by atoms with Gasteiger partial charge in [-0.25, -0.2) is 19.9 Å². The predicted molar refractivity (Wildman–Crippen MR) is 162 cm³/mol. The Morgan fingerprint density at radius 2 is 1.38 bits per heavy atom. The zero-order chi connectivity index (χ0) is 29.1. The van der Waals surface area contributed by atoms with E-state index in [1.165, 1.54) is 18.2 Å². The highest BCUT2D eigenvalue weighted by molar-refractivity contribution is 6.30. The molecule has 0 atom stereocenters. The average Bonchev–Trinajstić information content (AvgIpc) is 3.58. The quantitative estimate of drug-likeness (QED) is 0.348. The van der Waals surface area contributed by atoms with Gasteiger partial charge in [-0.15, -0.1) is 0 Å². The first kappa shape index (κ1) is 28.3. The summed E-state index contributed by atoms with van der Waals surface area (Å²) in [4.78, 5) is 44.4. The van der Waals surface area contributed by atoms with E-state index in [4.69, 9.17) is 17.3 Å². The normalized spacial score (nSPS) is 18.6. The second-order valence-corrected chi connectivity index (χ2v) is 11.5. The van der Waals surface area contributed by atoms with Crippen molar-refractivity contribution < 1.29 is 9.59 Å². The molecule has 0 bridgehead atoms. The van der Waals surface area contributed by atoms with Crippen molar-refractivity contribution in [3.63, 3.8) is 0 Å². The minimum absolute atomic E-state index is 0.00420. The molecule has 2 fully saturated rings. The number of nitrogens with one attached hydrogen (secondary N) is 3. The average molecular weight is 591 g/mol. The number of fused-ring (bicyclic) bond motifs is 2. The van der Waals surface area contributed by atoms with Crippen LogP contribution >= 0.6 is 11.6 Å². The maximum absolute atomic E-state index is 11.6. The number of benzene rings is 1. The predicted octanol–water partition coefficient (Wildman–Crippen LogP) is 2.28. The summed E-state index contributed by atoms with van der Waals surface area (Å²) in [5, 5.41) is 9.92. The molecule has 13 heteroatoms. The minimum atomic E-state index is -0.00479. The number of piperidine rings is 2. The number of halogens is 1. The fourth-order valence-electron chi connectivity index (χ4n) is 5.88. The Kier molecular flexibility index (Phi) is 8.45. The number of anilines is 4. The lowest BCUT2D eigenvalue weighted by Crippen LogP contribution is -2.42. The molecule has 4 aliphatic rings. The van der Waals surface area contributed by atoms with E-state index in [2.05, 4.69) is 51.8 Å². The van der Waals surface area contributed by atoms with E-state index in [1.54, 1.807) is 0 Å². The zero-order valence-corrected chi connectivity index (χ0v) is 24.1. The van der Waals surface area contributed by atoms with Crippen LogP contribution in [0, 0.1) is 0 Å². The summed E-state index contributed by atoms with van der Waals surface area (Å²) in [6.45, 7) is 4.47. The molecule has 6 heterocycles. The highest BCUT2D eigenvalue weighted by Crippen LogP contribution is 2.31. The van der Waals surface area contributed by atoms with Gasteiger partial charge >= 0.3 is 0 Å². The zero-order valence-electron chi connectivity index (χ0n) is 23.4. The Labute approximate surface area is 249 Å². The molecule has 0 unspecified atom stereocenters. The van der Waals surface area contributed by atoms with Crippen LogP contribution in [0.1, 0.15) is 42.4 Å². The molecule has 1 aromatic carbocycles. The molecule has 4 aliphatic heterocycles. The van der Waals surface area contributed by atoms with Crippen molar-refractivity contribution in [2.45, 2.75) is 57.2 Å². The Balaban J connectivity index is 0.000000162. The maximum Gasteiger partial charge on any atom is 0.230 e. The molecule has 0 radical (unpaired) electrons. The lowest BCUT2D eigenvalue weighted by molar-refractivity contribution is -0.115. The summed E-state index contributed by atoms with van der Waals surface area (Å²) in [6.07, 6.45) is 7.83. The molecule has 2 saturated heterocycles. The van der Waals surface area contributed by atoms with Crippen molar-refractivity contribution in [3.05, 3.63) is 58.6 Å². The molecular weight excluding hydrogens is 556 g/mol. The summed E-state index contributed by atoms with van der Waals surface area (Å²) in [5.41, 5.74) is 8.94. The van der Waals surface area contributed by atoms with Crippen molar-refractivity contribution in [1.82, 2.24) is 25.3 Å². The highest BCUT2D eigenvalue weighted by atomic mass is 35.5. The third kappa shape index (κ3) is 6.45. The number of carbonyl (C=O) groups is 2. The Hall–Kier alpha value is -3.87. The van der Waals surface area contributed by atoms with Crippen LogP contribution in [-0.4, -0.2) is 70.0 Å². The molecule has 220 valence electrons. The first-order chi connectivity index (χ1) is 20.4. The van der Waals surface area contributed by atoms with E-state index >= 15 is 0 Å². The van der Waals surface area contributed by atoms with Crippen LogP contribution in [0.4, 0.5) is 23.3 Å². The second-order valence-electron chi connectivity index (χ2n) is 11.1. The van der Waals surface area contributed by atoms with Crippen molar-refractivity contribution >= 4 is 46.7 Å². The fourth-order valence-corrected chi connectivity index (χ4v) is 6.09. The smallest absolute Gasteiger partial charge is 0.230 e. The van der Waals surface area contributed by atoms with Gasteiger partial charge in [-0.1, -0.05) is 23.7 Å². The number of amides is 2. The highest BCUT2D eigenvalue weighted by Gasteiger charge is 2.29. The van der Waals surface area contributed by atoms with Gasteiger partial charge in [0.05, 0.1) is 12.8 Å². The third-order valence-electron chi connectivity index (χ3n) is 8.15. The summed E-state index contributed by atoms with van der Waals surface area (Å²) >= 11 is 6.03. The molecule has 12 nitrogen and oxygen atoms in total. The van der Waals surface area contributed by atoms with Gasteiger partial charge in [0.15, 0.2) is 0 Å². The molecule has 2 amide bonds. The SMILES string of the molecule is NC1CCN(c2ncnc3c2CC(=O)N3)CC1.O=C1Cc2c(ncnc2N2CCC(NCc3cccc(Cl)c3)CC2)N1. The molecule has 0 spiro atoms. The second kappa shape index (κ2) is 12.6. The van der Waals surface area contributed by atoms with Crippen molar-refractivity contribution in [2.75, 3.05) is 46.6 Å². The molecule has 3 aromatic rings. The largest absolute Gasteiger partial charge is 0.356 e. The van der Waals surface area contributed by atoms with Gasteiger partial charge in [0.1, 0.15) is 35.9 Å². The van der Waals surface area contributed by atoms with Crippen LogP contribution in [0.15, 0.2) is 36.9 Å². The minimum Gasteiger partial charge on any atom is -0.356 e. The van der Waals surface area contributed by atoms with Crippen molar-refractivity contribution in [1.29, 1.82) is 0 Å². The molecular formula is C29H35ClN10O2. The van der Waals surface area contributed by atoms with E-state index in [9.17, 15) is 9.59 Å². The number of rotatable bonds is 5. The summed E-state index contributed by atoms with van der Waals surface area (Å²) < 4.78 is 0. The van der Waals surface area contributed by atoms with Gasteiger partial charge in [0, 0.05) is 61.0 Å². The van der Waals surface area contributed by atoms with Gasteiger partial charge in [-0.3, -0.25) is 9.59 Å². The molecule has 7 rings (SSSR count). The van der Waals surface area contributed by atoms with E-state index in [0.717, 1.165) is 86.2 Å². The van der Waals surface area contributed by atoms with Crippen molar-refractivity contribution in [3.8, 4) is 0 Å². The van der Waals surface area contributed by atoms with E-state index in [-0.39, 0.29) is 11.8 Å². The molecule has 2 aromatic heterocycles. The summed E-state index contributed by atoms with van der Waals surface area (Å²) in [6, 6.07) is 8.72. The molecule has 5 N–H and O–H groups in total.